The lowest BCUT2D eigenvalue weighted by Gasteiger charge is -2.35. The van der Waals surface area contributed by atoms with Crippen molar-refractivity contribution in [2.24, 2.45) is 0 Å². The fourth-order valence-electron chi connectivity index (χ4n) is 5.01. The van der Waals surface area contributed by atoms with Crippen molar-refractivity contribution in [3.8, 4) is 11.6 Å². The van der Waals surface area contributed by atoms with Crippen molar-refractivity contribution in [3.05, 3.63) is 58.4 Å². The number of nitrogens with one attached hydrogen (secondary N) is 2. The Hall–Kier alpha value is -4.22. The first-order valence-corrected chi connectivity index (χ1v) is 14.2. The highest BCUT2D eigenvalue weighted by Gasteiger charge is 2.47. The van der Waals surface area contributed by atoms with Gasteiger partial charge < -0.3 is 15.4 Å². The van der Waals surface area contributed by atoms with Crippen LogP contribution in [0.15, 0.2) is 30.3 Å². The number of rotatable bonds is 6. The molecule has 1 aliphatic heterocycles. The number of carbonyl (C=O) groups excluding carboxylic acids is 2. The quantitative estimate of drug-likeness (QED) is 0.402. The van der Waals surface area contributed by atoms with Crippen LogP contribution in [-0.4, -0.2) is 65.0 Å². The van der Waals surface area contributed by atoms with Crippen LogP contribution in [0.2, 0.25) is 0 Å². The topological polar surface area (TPSA) is 145 Å². The van der Waals surface area contributed by atoms with Gasteiger partial charge in [0.05, 0.1) is 11.2 Å². The zero-order valence-electron chi connectivity index (χ0n) is 21.4. The fraction of sp³-hybridized carbons (Fsp3) is 0.375. The van der Waals surface area contributed by atoms with E-state index in [1.807, 2.05) is 0 Å². The maximum atomic E-state index is 13.5. The van der Waals surface area contributed by atoms with Crippen molar-refractivity contribution in [2.75, 3.05) is 23.9 Å². The molecule has 2 aromatic heterocycles. The summed E-state index contributed by atoms with van der Waals surface area (Å²) in [6.45, 7) is -1.48. The summed E-state index contributed by atoms with van der Waals surface area (Å²) in [4.78, 5) is 26.0. The molecule has 0 saturated carbocycles. The van der Waals surface area contributed by atoms with Crippen molar-refractivity contribution in [1.29, 1.82) is 0 Å². The van der Waals surface area contributed by atoms with Crippen molar-refractivity contribution in [3.63, 3.8) is 0 Å². The summed E-state index contributed by atoms with van der Waals surface area (Å²) >= 11 is 0. The normalized spacial score (nSPS) is 18.4. The molecule has 224 valence electrons. The first kappa shape index (κ1) is 29.3. The number of anilines is 1. The maximum absolute atomic E-state index is 13.5. The van der Waals surface area contributed by atoms with Gasteiger partial charge in [-0.3, -0.25) is 9.59 Å². The number of hydrogen-bond acceptors (Lipinski definition) is 8. The molecule has 3 heterocycles. The molecule has 2 N–H and O–H groups in total. The lowest BCUT2D eigenvalue weighted by molar-refractivity contribution is -0.153. The van der Waals surface area contributed by atoms with Gasteiger partial charge in [0.1, 0.15) is 17.1 Å². The minimum atomic E-state index is -4.79. The third kappa shape index (κ3) is 5.88. The molecule has 0 unspecified atom stereocenters. The summed E-state index contributed by atoms with van der Waals surface area (Å²) in [5.74, 6) is -3.36. The Morgan fingerprint density at radius 3 is 2.50 bits per heavy atom. The number of benzene rings is 1. The van der Waals surface area contributed by atoms with Crippen LogP contribution in [0.5, 0.6) is 5.75 Å². The van der Waals surface area contributed by atoms with E-state index in [0.717, 1.165) is 17.0 Å². The largest absolute Gasteiger partial charge is 0.484 e. The average molecular weight is 619 g/mol. The number of hydrogen-bond donors (Lipinski definition) is 2. The van der Waals surface area contributed by atoms with Crippen LogP contribution in [0.1, 0.15) is 39.3 Å². The van der Waals surface area contributed by atoms with Gasteiger partial charge in [-0.15, -0.1) is 10.2 Å². The highest BCUT2D eigenvalue weighted by molar-refractivity contribution is 7.91. The van der Waals surface area contributed by atoms with Gasteiger partial charge in [0.2, 0.25) is 5.91 Å². The van der Waals surface area contributed by atoms with Crippen molar-refractivity contribution >= 4 is 27.5 Å². The molecule has 11 nitrogen and oxygen atoms in total. The van der Waals surface area contributed by atoms with E-state index in [0.29, 0.717) is 30.0 Å². The lowest BCUT2D eigenvalue weighted by Crippen LogP contribution is -2.49. The lowest BCUT2D eigenvalue weighted by atomic mass is 9.82. The molecule has 1 spiro atoms. The number of ether oxygens (including phenoxy) is 1. The Balaban J connectivity index is 1.53. The number of sulfone groups is 1. The number of nitrogens with zero attached hydrogens (tertiary/aromatic N) is 4. The number of amides is 2. The molecule has 1 aromatic carbocycles. The van der Waals surface area contributed by atoms with Crippen molar-refractivity contribution in [1.82, 2.24) is 25.3 Å². The Kier molecular flexibility index (Phi) is 6.94. The van der Waals surface area contributed by atoms with E-state index >= 15 is 0 Å². The Morgan fingerprint density at radius 1 is 1.14 bits per heavy atom. The Bertz CT molecular complexity index is 1690. The minimum Gasteiger partial charge on any atom is -0.484 e. The molecule has 0 saturated heterocycles. The van der Waals surface area contributed by atoms with Crippen LogP contribution >= 0.6 is 0 Å². The van der Waals surface area contributed by atoms with Crippen LogP contribution in [0.25, 0.3) is 5.82 Å². The fourth-order valence-corrected chi connectivity index (χ4v) is 5.56. The van der Waals surface area contributed by atoms with Gasteiger partial charge in [-0.2, -0.15) is 36.1 Å². The zero-order chi connectivity index (χ0) is 30.7. The summed E-state index contributed by atoms with van der Waals surface area (Å²) in [5, 5.41) is 16.2. The van der Waals surface area contributed by atoms with Crippen LogP contribution in [0.3, 0.4) is 0 Å². The van der Waals surface area contributed by atoms with Crippen molar-refractivity contribution < 1.29 is 49.1 Å². The smallest absolute Gasteiger partial charge is 0.435 e. The molecule has 0 radical (unpaired) electrons. The number of halogens is 6. The predicted octanol–water partition coefficient (Wildman–Crippen LogP) is 2.73. The Morgan fingerprint density at radius 2 is 1.88 bits per heavy atom. The minimum absolute atomic E-state index is 0.00742. The van der Waals surface area contributed by atoms with Gasteiger partial charge in [0, 0.05) is 12.7 Å². The average Bonchev–Trinajstić information content (AvgIpc) is 3.39. The van der Waals surface area contributed by atoms with Gasteiger partial charge in [0.25, 0.3) is 5.91 Å². The molecule has 18 heteroatoms. The standard InChI is InChI=1S/C24H20F6N6O5S/c1-42(39,40)10-18(37)31-20-19-15(35-36(20)17-5-4-16(33-34-17)24(28,29)30)9-22(32-21(19)38)7-6-12-8-13(2-3-14(12)22)41-11-23(25,26)27/h2-5,8H,6-7,9-11H2,1H3,(H,31,37)(H,32,38)/t22-/m0/s1. The van der Waals surface area contributed by atoms with Gasteiger partial charge in [-0.25, -0.2) is 8.42 Å². The summed E-state index contributed by atoms with van der Waals surface area (Å²) in [7, 11) is -3.80. The highest BCUT2D eigenvalue weighted by atomic mass is 32.2. The van der Waals surface area contributed by atoms with Gasteiger partial charge in [-0.1, -0.05) is 6.07 Å². The number of carbonyl (C=O) groups is 2. The molecule has 2 aliphatic rings. The molecule has 1 aliphatic carbocycles. The number of fused-ring (bicyclic) bond motifs is 3. The third-order valence-corrected chi connectivity index (χ3v) is 7.42. The summed E-state index contributed by atoms with van der Waals surface area (Å²) in [6, 6.07) is 5.86. The first-order valence-electron chi connectivity index (χ1n) is 12.1. The molecular formula is C24H20F6N6O5S. The molecule has 0 fully saturated rings. The van der Waals surface area contributed by atoms with Crippen LogP contribution in [-0.2, 0) is 39.2 Å². The molecule has 1 atom stereocenters. The molecule has 42 heavy (non-hydrogen) atoms. The molecular weight excluding hydrogens is 598 g/mol. The van der Waals surface area contributed by atoms with Gasteiger partial charge >= 0.3 is 12.4 Å². The predicted molar refractivity (Wildman–Crippen MR) is 132 cm³/mol. The summed E-state index contributed by atoms with van der Waals surface area (Å²) in [6.07, 6.45) is -7.77. The van der Waals surface area contributed by atoms with E-state index < -0.39 is 57.6 Å². The zero-order valence-corrected chi connectivity index (χ0v) is 22.2. The molecule has 2 amide bonds. The van der Waals surface area contributed by atoms with E-state index in [1.165, 1.54) is 18.2 Å². The monoisotopic (exact) mass is 618 g/mol. The number of alkyl halides is 6. The third-order valence-electron chi connectivity index (χ3n) is 6.63. The van der Waals surface area contributed by atoms with E-state index in [9.17, 15) is 44.3 Å². The van der Waals surface area contributed by atoms with Gasteiger partial charge in [-0.05, 0) is 48.2 Å². The summed E-state index contributed by atoms with van der Waals surface area (Å²) < 4.78 is 106. The van der Waals surface area contributed by atoms with E-state index in [1.54, 1.807) is 0 Å². The van der Waals surface area contributed by atoms with E-state index in [4.69, 9.17) is 4.74 Å². The van der Waals surface area contributed by atoms with E-state index in [2.05, 4.69) is 25.9 Å². The van der Waals surface area contributed by atoms with Gasteiger partial charge in [0.15, 0.2) is 33.8 Å². The Labute approximate surface area is 233 Å². The highest BCUT2D eigenvalue weighted by Crippen LogP contribution is 2.44. The van der Waals surface area contributed by atoms with Crippen molar-refractivity contribution in [2.45, 2.75) is 37.2 Å². The second-order valence-electron chi connectivity index (χ2n) is 9.91. The number of aryl methyl sites for hydroxylation is 1. The van der Waals surface area contributed by atoms with Crippen LogP contribution < -0.4 is 15.4 Å². The van der Waals surface area contributed by atoms with Crippen LogP contribution in [0.4, 0.5) is 32.2 Å². The molecule has 0 bridgehead atoms. The first-order chi connectivity index (χ1) is 19.4. The SMILES string of the molecule is CS(=O)(=O)CC(=O)Nc1c2c(nn1-c1ccc(C(F)(F)F)nn1)C[C@]1(CCc3cc(OCC(F)(F)F)ccc31)NC2=O. The number of aromatic nitrogens is 4. The molecule has 5 rings (SSSR count). The second-order valence-corrected chi connectivity index (χ2v) is 12.1. The molecule has 3 aromatic rings. The van der Waals surface area contributed by atoms with E-state index in [-0.39, 0.29) is 35.1 Å². The summed E-state index contributed by atoms with van der Waals surface area (Å²) in [5.41, 5.74) is -1.16. The van der Waals surface area contributed by atoms with Crippen LogP contribution in [0, 0.1) is 0 Å². The maximum Gasteiger partial charge on any atom is 0.435 e. The second kappa shape index (κ2) is 9.95.